The van der Waals surface area contributed by atoms with Crippen LogP contribution in [0.1, 0.15) is 401 Å². The number of phosphoric ester groups is 2. The van der Waals surface area contributed by atoms with E-state index in [9.17, 15) is 43.2 Å². The minimum Gasteiger partial charge on any atom is -0.462 e. The maximum Gasteiger partial charge on any atom is 0.472 e. The molecular weight excluding hydrogens is 1310 g/mol. The monoisotopic (exact) mass is 1460 g/mol. The second-order valence-electron chi connectivity index (χ2n) is 29.2. The SMILES string of the molecule is CCCCCC/C=C\C=C/CCCCCCCC(=O)O[C@H](COC(=O)CCCCCCCCCCC(C)C)COP(=O)(O)OC[C@H](O)COP(=O)(O)OC[C@@H](COC(=O)CCCCCCCCCCCCCCCCCC)OC(=O)CCCCCCCCCCCCCCCCC(C)CC. The van der Waals surface area contributed by atoms with Crippen molar-refractivity contribution in [3.63, 3.8) is 0 Å². The van der Waals surface area contributed by atoms with E-state index in [1.165, 1.54) is 199 Å². The van der Waals surface area contributed by atoms with Crippen LogP contribution in [0.3, 0.4) is 0 Å². The van der Waals surface area contributed by atoms with Gasteiger partial charge in [-0.15, -0.1) is 0 Å². The Morgan fingerprint density at radius 3 is 0.900 bits per heavy atom. The lowest BCUT2D eigenvalue weighted by molar-refractivity contribution is -0.161. The van der Waals surface area contributed by atoms with Crippen molar-refractivity contribution in [2.45, 2.75) is 419 Å². The molecule has 0 fully saturated rings. The zero-order valence-electron chi connectivity index (χ0n) is 65.0. The van der Waals surface area contributed by atoms with Crippen molar-refractivity contribution in [1.82, 2.24) is 0 Å². The molecule has 19 heteroatoms. The summed E-state index contributed by atoms with van der Waals surface area (Å²) in [5.74, 6) is -0.571. The molecule has 0 rings (SSSR count). The number of allylic oxidation sites excluding steroid dienone is 4. The number of hydrogen-bond donors (Lipinski definition) is 3. The topological polar surface area (TPSA) is 237 Å². The van der Waals surface area contributed by atoms with Crippen molar-refractivity contribution in [3.8, 4) is 0 Å². The average Bonchev–Trinajstić information content (AvgIpc) is 0.918. The van der Waals surface area contributed by atoms with Gasteiger partial charge in [0.15, 0.2) is 12.2 Å². The lowest BCUT2D eigenvalue weighted by Gasteiger charge is -2.21. The van der Waals surface area contributed by atoms with Gasteiger partial charge in [0, 0.05) is 25.7 Å². The first-order valence-electron chi connectivity index (χ1n) is 41.3. The molecule has 0 saturated carbocycles. The number of ether oxygens (including phenoxy) is 4. The highest BCUT2D eigenvalue weighted by Gasteiger charge is 2.30. The van der Waals surface area contributed by atoms with Gasteiger partial charge in [0.1, 0.15) is 19.3 Å². The lowest BCUT2D eigenvalue weighted by atomic mass is 9.99. The van der Waals surface area contributed by atoms with Gasteiger partial charge in [-0.25, -0.2) is 9.13 Å². The molecule has 0 saturated heterocycles. The molecular formula is C81H154O17P2. The first-order valence-corrected chi connectivity index (χ1v) is 44.3. The summed E-state index contributed by atoms with van der Waals surface area (Å²) in [6.45, 7) is 9.59. The zero-order valence-corrected chi connectivity index (χ0v) is 66.8. The van der Waals surface area contributed by atoms with Crippen LogP contribution in [0.4, 0.5) is 0 Å². The van der Waals surface area contributed by atoms with Gasteiger partial charge in [0.25, 0.3) is 0 Å². The van der Waals surface area contributed by atoms with E-state index < -0.39 is 97.5 Å². The summed E-state index contributed by atoms with van der Waals surface area (Å²) in [5, 5.41) is 10.6. The van der Waals surface area contributed by atoms with Gasteiger partial charge in [0.2, 0.25) is 0 Å². The molecule has 0 aliphatic heterocycles. The van der Waals surface area contributed by atoms with Crippen molar-refractivity contribution in [3.05, 3.63) is 24.3 Å². The Labute approximate surface area is 612 Å². The summed E-state index contributed by atoms with van der Waals surface area (Å²) in [4.78, 5) is 73.0. The largest absolute Gasteiger partial charge is 0.472 e. The number of unbranched alkanes of at least 4 members (excludes halogenated alkanes) is 44. The van der Waals surface area contributed by atoms with Crippen molar-refractivity contribution in [2.75, 3.05) is 39.6 Å². The van der Waals surface area contributed by atoms with E-state index in [1.54, 1.807) is 0 Å². The number of aliphatic hydroxyl groups is 1. The van der Waals surface area contributed by atoms with E-state index in [0.29, 0.717) is 25.7 Å². The summed E-state index contributed by atoms with van der Waals surface area (Å²) in [7, 11) is -9.93. The third-order valence-electron chi connectivity index (χ3n) is 18.7. The summed E-state index contributed by atoms with van der Waals surface area (Å²) >= 11 is 0. The van der Waals surface area contributed by atoms with Crippen LogP contribution in [0.5, 0.6) is 0 Å². The van der Waals surface area contributed by atoms with Crippen molar-refractivity contribution in [2.24, 2.45) is 11.8 Å². The van der Waals surface area contributed by atoms with Gasteiger partial charge in [-0.1, -0.05) is 348 Å². The average molecular weight is 1460 g/mol. The Morgan fingerprint density at radius 1 is 0.330 bits per heavy atom. The maximum atomic E-state index is 13.1. The third-order valence-corrected chi connectivity index (χ3v) is 20.6. The van der Waals surface area contributed by atoms with Gasteiger partial charge >= 0.3 is 39.5 Å². The van der Waals surface area contributed by atoms with Crippen LogP contribution in [-0.2, 0) is 65.4 Å². The summed E-state index contributed by atoms with van der Waals surface area (Å²) in [6, 6.07) is 0. The molecule has 0 aromatic rings. The van der Waals surface area contributed by atoms with E-state index >= 15 is 0 Å². The molecule has 0 aliphatic rings. The molecule has 0 amide bonds. The molecule has 0 radical (unpaired) electrons. The zero-order chi connectivity index (χ0) is 73.5. The van der Waals surface area contributed by atoms with Crippen LogP contribution in [0.25, 0.3) is 0 Å². The molecule has 0 aromatic carbocycles. The molecule has 0 aromatic heterocycles. The normalized spacial score (nSPS) is 14.3. The van der Waals surface area contributed by atoms with Gasteiger partial charge < -0.3 is 33.8 Å². The van der Waals surface area contributed by atoms with Crippen molar-refractivity contribution in [1.29, 1.82) is 0 Å². The first kappa shape index (κ1) is 97.5. The van der Waals surface area contributed by atoms with Crippen molar-refractivity contribution >= 4 is 39.5 Å². The molecule has 100 heavy (non-hydrogen) atoms. The predicted octanol–water partition coefficient (Wildman–Crippen LogP) is 23.8. The Kier molecular flexibility index (Phi) is 70.3. The van der Waals surface area contributed by atoms with E-state index in [2.05, 4.69) is 65.8 Å². The fourth-order valence-electron chi connectivity index (χ4n) is 12.0. The van der Waals surface area contributed by atoms with Crippen LogP contribution < -0.4 is 0 Å². The maximum absolute atomic E-state index is 13.1. The second-order valence-corrected chi connectivity index (χ2v) is 32.1. The van der Waals surface area contributed by atoms with Gasteiger partial charge in [-0.3, -0.25) is 37.3 Å². The quantitative estimate of drug-likeness (QED) is 0.0169. The van der Waals surface area contributed by atoms with E-state index in [-0.39, 0.29) is 25.7 Å². The molecule has 0 heterocycles. The Balaban J connectivity index is 5.29. The molecule has 3 unspecified atom stereocenters. The lowest BCUT2D eigenvalue weighted by Crippen LogP contribution is -2.30. The molecule has 0 bridgehead atoms. The number of aliphatic hydroxyl groups excluding tert-OH is 1. The summed E-state index contributed by atoms with van der Waals surface area (Å²) < 4.78 is 68.7. The second kappa shape index (κ2) is 72.1. The van der Waals surface area contributed by atoms with E-state index in [0.717, 1.165) is 121 Å². The molecule has 0 aliphatic carbocycles. The highest BCUT2D eigenvalue weighted by molar-refractivity contribution is 7.47. The van der Waals surface area contributed by atoms with Gasteiger partial charge in [-0.05, 0) is 63.2 Å². The number of carbonyl (C=O) groups is 4. The highest BCUT2D eigenvalue weighted by Crippen LogP contribution is 2.45. The minimum absolute atomic E-state index is 0.0846. The predicted molar refractivity (Wildman–Crippen MR) is 409 cm³/mol. The van der Waals surface area contributed by atoms with Crippen molar-refractivity contribution < 1.29 is 80.2 Å². The smallest absolute Gasteiger partial charge is 0.462 e. The third kappa shape index (κ3) is 72.5. The number of phosphoric acid groups is 2. The Hall–Kier alpha value is -2.46. The summed E-state index contributed by atoms with van der Waals surface area (Å²) in [6.07, 6.45) is 64.5. The Morgan fingerprint density at radius 2 is 0.590 bits per heavy atom. The Bertz CT molecular complexity index is 2020. The van der Waals surface area contributed by atoms with Gasteiger partial charge in [-0.2, -0.15) is 0 Å². The van der Waals surface area contributed by atoms with E-state index in [1.807, 2.05) is 0 Å². The number of rotatable bonds is 78. The molecule has 3 N–H and O–H groups in total. The van der Waals surface area contributed by atoms with Gasteiger partial charge in [0.05, 0.1) is 26.4 Å². The first-order chi connectivity index (χ1) is 48.4. The van der Waals surface area contributed by atoms with Crippen LogP contribution in [-0.4, -0.2) is 96.7 Å². The molecule has 590 valence electrons. The number of hydrogen-bond acceptors (Lipinski definition) is 15. The van der Waals surface area contributed by atoms with Crippen LogP contribution >= 0.6 is 15.6 Å². The van der Waals surface area contributed by atoms with Crippen LogP contribution in [0.15, 0.2) is 24.3 Å². The molecule has 6 atom stereocenters. The van der Waals surface area contributed by atoms with Crippen LogP contribution in [0, 0.1) is 11.8 Å². The van der Waals surface area contributed by atoms with Crippen LogP contribution in [0.2, 0.25) is 0 Å². The molecule has 17 nitrogen and oxygen atoms in total. The molecule has 0 spiro atoms. The fourth-order valence-corrected chi connectivity index (χ4v) is 13.5. The van der Waals surface area contributed by atoms with E-state index in [4.69, 9.17) is 37.0 Å². The fraction of sp³-hybridized carbons (Fsp3) is 0.901. The summed E-state index contributed by atoms with van der Waals surface area (Å²) in [5.41, 5.74) is 0. The standard InChI is InChI=1S/C81H154O17P2/c1-7-10-12-14-16-18-20-22-24-26-30-34-38-45-51-57-63-78(83)91-69-76(97-80(85)66-60-54-48-40-36-32-28-27-29-33-37-44-50-56-62-74(6)9-3)71-95-99(87,88)93-67-75(82)68-94-100(89,90)96-72-77(70-92-79(84)64-58-52-46-42-41-43-49-55-61-73(4)5)98-81(86)65-59-53-47-39-35-31-25-23-21-19-17-15-13-11-8-2/h19,21,23,25,73-77,82H,7-18,20,22,24,26-72H2,1-6H3,(H,87,88)(H,89,90)/b21-19-,25-23-/t74?,75-,76-,77-/m1/s1. The number of carbonyl (C=O) groups excluding carboxylic acids is 4. The number of esters is 4. The highest BCUT2D eigenvalue weighted by atomic mass is 31.2. The minimum atomic E-state index is -4.97.